The van der Waals surface area contributed by atoms with Crippen LogP contribution in [0.25, 0.3) is 16.6 Å². The van der Waals surface area contributed by atoms with Gasteiger partial charge in [0.05, 0.1) is 16.8 Å². The number of aromatic nitrogens is 2. The maximum absolute atomic E-state index is 10.9. The molecule has 94 valence electrons. The third-order valence-electron chi connectivity index (χ3n) is 3.02. The van der Waals surface area contributed by atoms with E-state index in [4.69, 9.17) is 5.11 Å². The zero-order chi connectivity index (χ0) is 13.4. The number of carboxylic acid groups (broad SMARTS) is 1. The highest BCUT2D eigenvalue weighted by Crippen LogP contribution is 2.18. The van der Waals surface area contributed by atoms with Crippen LogP contribution in [0.1, 0.15) is 15.9 Å². The summed E-state index contributed by atoms with van der Waals surface area (Å²) in [5.41, 5.74) is 3.18. The van der Waals surface area contributed by atoms with Gasteiger partial charge in [-0.25, -0.2) is 9.48 Å². The Kier molecular flexibility index (Phi) is 2.56. The van der Waals surface area contributed by atoms with Crippen LogP contribution in [-0.2, 0) is 0 Å². The zero-order valence-corrected chi connectivity index (χ0v) is 10.4. The summed E-state index contributed by atoms with van der Waals surface area (Å²) in [6.07, 6.45) is 1.84. The lowest BCUT2D eigenvalue weighted by Gasteiger charge is -2.01. The van der Waals surface area contributed by atoms with E-state index >= 15 is 0 Å². The first kappa shape index (κ1) is 11.5. The van der Waals surface area contributed by atoms with Crippen molar-refractivity contribution in [3.63, 3.8) is 0 Å². The summed E-state index contributed by atoms with van der Waals surface area (Å²) >= 11 is 0. The molecule has 3 aromatic rings. The number of nitrogens with zero attached hydrogens (tertiary/aromatic N) is 2. The Morgan fingerprint density at radius 2 is 2.05 bits per heavy atom. The van der Waals surface area contributed by atoms with E-state index in [9.17, 15) is 4.79 Å². The molecule has 0 radical (unpaired) electrons. The molecule has 0 saturated carbocycles. The van der Waals surface area contributed by atoms with Crippen LogP contribution in [0, 0.1) is 6.92 Å². The largest absolute Gasteiger partial charge is 0.478 e. The summed E-state index contributed by atoms with van der Waals surface area (Å²) in [4.78, 5) is 10.9. The molecule has 0 saturated heterocycles. The standard InChI is InChI=1S/C15H12N2O2/c1-10-3-2-4-13(7-10)17-9-12-8-11(15(18)19)5-6-14(12)16-17/h2-9H,1H3,(H,18,19). The second-order valence-corrected chi connectivity index (χ2v) is 4.49. The molecule has 1 aromatic heterocycles. The number of hydrogen-bond acceptors (Lipinski definition) is 2. The molecule has 2 aromatic carbocycles. The Morgan fingerprint density at radius 3 is 2.79 bits per heavy atom. The molecule has 0 unspecified atom stereocenters. The van der Waals surface area contributed by atoms with Gasteiger partial charge in [-0.1, -0.05) is 12.1 Å². The molecule has 0 aliphatic heterocycles. The minimum atomic E-state index is -0.926. The van der Waals surface area contributed by atoms with Crippen LogP contribution < -0.4 is 0 Å². The molecule has 4 nitrogen and oxygen atoms in total. The number of rotatable bonds is 2. The first-order chi connectivity index (χ1) is 9.13. The van der Waals surface area contributed by atoms with Gasteiger partial charge >= 0.3 is 5.97 Å². The van der Waals surface area contributed by atoms with Gasteiger partial charge in [0.1, 0.15) is 0 Å². The van der Waals surface area contributed by atoms with E-state index in [1.807, 2.05) is 37.4 Å². The molecule has 19 heavy (non-hydrogen) atoms. The van der Waals surface area contributed by atoms with Crippen molar-refractivity contribution < 1.29 is 9.90 Å². The molecule has 1 heterocycles. The van der Waals surface area contributed by atoms with E-state index in [2.05, 4.69) is 5.10 Å². The highest BCUT2D eigenvalue weighted by Gasteiger charge is 2.07. The van der Waals surface area contributed by atoms with Crippen LogP contribution in [0.5, 0.6) is 0 Å². The summed E-state index contributed by atoms with van der Waals surface area (Å²) in [6, 6.07) is 12.9. The highest BCUT2D eigenvalue weighted by atomic mass is 16.4. The molecule has 4 heteroatoms. The summed E-state index contributed by atoms with van der Waals surface area (Å²) in [7, 11) is 0. The van der Waals surface area contributed by atoms with E-state index in [1.54, 1.807) is 22.9 Å². The maximum atomic E-state index is 10.9. The number of aromatic carboxylic acids is 1. The number of carboxylic acids is 1. The Morgan fingerprint density at radius 1 is 1.21 bits per heavy atom. The van der Waals surface area contributed by atoms with E-state index < -0.39 is 5.97 Å². The van der Waals surface area contributed by atoms with Crippen LogP contribution in [-0.4, -0.2) is 20.9 Å². The molecule has 0 spiro atoms. The van der Waals surface area contributed by atoms with Crippen molar-refractivity contribution in [3.05, 3.63) is 59.8 Å². The molecule has 0 aliphatic rings. The SMILES string of the molecule is Cc1cccc(-n2cc3cc(C(=O)O)ccc3n2)c1. The number of benzene rings is 2. The molecular weight excluding hydrogens is 240 g/mol. The van der Waals surface area contributed by atoms with Gasteiger partial charge in [0.25, 0.3) is 0 Å². The van der Waals surface area contributed by atoms with Gasteiger partial charge in [0.2, 0.25) is 0 Å². The molecule has 1 N–H and O–H groups in total. The average Bonchev–Trinajstić information content (AvgIpc) is 2.81. The Balaban J connectivity index is 2.14. The van der Waals surface area contributed by atoms with Crippen molar-refractivity contribution in [2.75, 3.05) is 0 Å². The molecule has 0 aliphatic carbocycles. The molecule has 3 rings (SSSR count). The Labute approximate surface area is 109 Å². The minimum Gasteiger partial charge on any atom is -0.478 e. The Bertz CT molecular complexity index is 775. The van der Waals surface area contributed by atoms with E-state index in [0.29, 0.717) is 0 Å². The van der Waals surface area contributed by atoms with Crippen molar-refractivity contribution in [2.24, 2.45) is 0 Å². The van der Waals surface area contributed by atoms with E-state index in [0.717, 1.165) is 22.2 Å². The second-order valence-electron chi connectivity index (χ2n) is 4.49. The van der Waals surface area contributed by atoms with Crippen LogP contribution in [0.2, 0.25) is 0 Å². The van der Waals surface area contributed by atoms with E-state index in [1.165, 1.54) is 0 Å². The van der Waals surface area contributed by atoms with Crippen molar-refractivity contribution in [2.45, 2.75) is 6.92 Å². The summed E-state index contributed by atoms with van der Waals surface area (Å²) < 4.78 is 1.77. The smallest absolute Gasteiger partial charge is 0.335 e. The Hall–Kier alpha value is -2.62. The van der Waals surface area contributed by atoms with Gasteiger partial charge in [-0.3, -0.25) is 0 Å². The molecule has 0 bridgehead atoms. The summed E-state index contributed by atoms with van der Waals surface area (Å²) in [6.45, 7) is 2.02. The predicted octanol–water partition coefficient (Wildman–Crippen LogP) is 3.03. The number of aryl methyl sites for hydroxylation is 1. The normalized spacial score (nSPS) is 10.8. The fourth-order valence-electron chi connectivity index (χ4n) is 2.06. The fourth-order valence-corrected chi connectivity index (χ4v) is 2.06. The lowest BCUT2D eigenvalue weighted by molar-refractivity contribution is 0.0697. The van der Waals surface area contributed by atoms with Crippen molar-refractivity contribution in [3.8, 4) is 5.69 Å². The van der Waals surface area contributed by atoms with Crippen molar-refractivity contribution in [1.29, 1.82) is 0 Å². The quantitative estimate of drug-likeness (QED) is 0.762. The van der Waals surface area contributed by atoms with Crippen LogP contribution in [0.15, 0.2) is 48.7 Å². The molecule has 0 atom stereocenters. The molecule has 0 fully saturated rings. The lowest BCUT2D eigenvalue weighted by atomic mass is 10.2. The first-order valence-corrected chi connectivity index (χ1v) is 5.93. The van der Waals surface area contributed by atoms with Crippen LogP contribution in [0.3, 0.4) is 0 Å². The first-order valence-electron chi connectivity index (χ1n) is 5.93. The number of fused-ring (bicyclic) bond motifs is 1. The van der Waals surface area contributed by atoms with E-state index in [-0.39, 0.29) is 5.56 Å². The van der Waals surface area contributed by atoms with Gasteiger partial charge in [-0.15, -0.1) is 0 Å². The van der Waals surface area contributed by atoms with Crippen molar-refractivity contribution in [1.82, 2.24) is 9.78 Å². The van der Waals surface area contributed by atoms with Gasteiger partial charge in [0, 0.05) is 11.6 Å². The van der Waals surface area contributed by atoms with Crippen molar-refractivity contribution >= 4 is 16.9 Å². The highest BCUT2D eigenvalue weighted by molar-refractivity contribution is 5.93. The summed E-state index contributed by atoms with van der Waals surface area (Å²) in [5, 5.41) is 14.2. The monoisotopic (exact) mass is 252 g/mol. The fraction of sp³-hybridized carbons (Fsp3) is 0.0667. The molecular formula is C15H12N2O2. The van der Waals surface area contributed by atoms with Crippen LogP contribution in [0.4, 0.5) is 0 Å². The van der Waals surface area contributed by atoms with Gasteiger partial charge in [-0.2, -0.15) is 5.10 Å². The predicted molar refractivity (Wildman–Crippen MR) is 72.8 cm³/mol. The third-order valence-corrected chi connectivity index (χ3v) is 3.02. The number of carbonyl (C=O) groups is 1. The van der Waals surface area contributed by atoms with Gasteiger partial charge < -0.3 is 5.11 Å². The van der Waals surface area contributed by atoms with Gasteiger partial charge in [-0.05, 0) is 42.8 Å². The molecule has 0 amide bonds. The summed E-state index contributed by atoms with van der Waals surface area (Å²) in [5.74, 6) is -0.926. The topological polar surface area (TPSA) is 55.1 Å². The lowest BCUT2D eigenvalue weighted by Crippen LogP contribution is -1.94. The number of hydrogen-bond donors (Lipinski definition) is 1. The maximum Gasteiger partial charge on any atom is 0.335 e. The zero-order valence-electron chi connectivity index (χ0n) is 10.4. The third kappa shape index (κ3) is 2.08. The minimum absolute atomic E-state index is 0.274. The van der Waals surface area contributed by atoms with Gasteiger partial charge in [0.15, 0.2) is 0 Å². The second kappa shape index (κ2) is 4.24. The average molecular weight is 252 g/mol. The van der Waals surface area contributed by atoms with Crippen LogP contribution >= 0.6 is 0 Å².